The van der Waals surface area contributed by atoms with E-state index in [0.29, 0.717) is 0 Å². The van der Waals surface area contributed by atoms with Crippen LogP contribution in [0.5, 0.6) is 0 Å². The third-order valence-corrected chi connectivity index (χ3v) is 4.88. The van der Waals surface area contributed by atoms with Crippen molar-refractivity contribution in [3.63, 3.8) is 0 Å². The van der Waals surface area contributed by atoms with E-state index in [0.717, 1.165) is 24.7 Å². The molecule has 0 radical (unpaired) electrons. The molecule has 1 aromatic rings. The fourth-order valence-corrected chi connectivity index (χ4v) is 3.99. The van der Waals surface area contributed by atoms with Crippen molar-refractivity contribution >= 4 is 0 Å². The third kappa shape index (κ3) is 2.21. The summed E-state index contributed by atoms with van der Waals surface area (Å²) in [6, 6.07) is 7.16. The molecule has 1 N–H and O–H groups in total. The first-order chi connectivity index (χ1) is 8.78. The van der Waals surface area contributed by atoms with Gasteiger partial charge in [0.05, 0.1) is 6.10 Å². The van der Waals surface area contributed by atoms with Crippen molar-refractivity contribution in [2.24, 2.45) is 5.92 Å². The lowest BCUT2D eigenvalue weighted by molar-refractivity contribution is 0.0829. The molecule has 2 aliphatic rings. The first kappa shape index (κ1) is 12.2. The molecule has 0 aromatic heterocycles. The molecule has 1 heteroatoms. The van der Waals surface area contributed by atoms with Gasteiger partial charge in [0.25, 0.3) is 0 Å². The van der Waals surface area contributed by atoms with Crippen LogP contribution in [-0.2, 0) is 12.8 Å². The van der Waals surface area contributed by atoms with E-state index in [1.165, 1.54) is 37.7 Å². The van der Waals surface area contributed by atoms with E-state index in [-0.39, 0.29) is 6.10 Å². The van der Waals surface area contributed by atoms with E-state index >= 15 is 0 Å². The number of aliphatic hydroxyl groups excluding tert-OH is 1. The van der Waals surface area contributed by atoms with Crippen LogP contribution in [-0.4, -0.2) is 11.2 Å². The summed E-state index contributed by atoms with van der Waals surface area (Å²) in [5.74, 6) is 1.46. The molecule has 3 unspecified atom stereocenters. The predicted octanol–water partition coefficient (Wildman–Crippen LogP) is 3.83. The van der Waals surface area contributed by atoms with Crippen LogP contribution >= 0.6 is 0 Å². The van der Waals surface area contributed by atoms with Gasteiger partial charge in [0.1, 0.15) is 0 Å². The minimum Gasteiger partial charge on any atom is -0.393 e. The van der Waals surface area contributed by atoms with Crippen molar-refractivity contribution in [1.29, 1.82) is 0 Å². The van der Waals surface area contributed by atoms with Crippen LogP contribution in [0.2, 0.25) is 0 Å². The summed E-state index contributed by atoms with van der Waals surface area (Å²) in [5, 5.41) is 9.81. The molecule has 3 atom stereocenters. The summed E-state index contributed by atoms with van der Waals surface area (Å²) in [4.78, 5) is 0. The molecule has 1 fully saturated rings. The van der Waals surface area contributed by atoms with Crippen molar-refractivity contribution in [3.8, 4) is 0 Å². The molecule has 1 saturated carbocycles. The Labute approximate surface area is 110 Å². The third-order valence-electron chi connectivity index (χ3n) is 4.88. The highest BCUT2D eigenvalue weighted by Gasteiger charge is 2.34. The summed E-state index contributed by atoms with van der Waals surface area (Å²) < 4.78 is 0. The molecule has 98 valence electrons. The molecule has 0 aliphatic heterocycles. The van der Waals surface area contributed by atoms with Crippen LogP contribution in [0.4, 0.5) is 0 Å². The largest absolute Gasteiger partial charge is 0.393 e. The van der Waals surface area contributed by atoms with Gasteiger partial charge in [-0.3, -0.25) is 0 Å². The van der Waals surface area contributed by atoms with Gasteiger partial charge in [0.2, 0.25) is 0 Å². The Balaban J connectivity index is 1.86. The standard InChI is InChI=1S/C17H24O/c1-2-3-12-4-8-16-13(10-12)5-6-14-11-15(18)7-9-17(14)16/h4,8,10,14-15,17-18H,2-3,5-7,9,11H2,1H3. The Morgan fingerprint density at radius 1 is 1.22 bits per heavy atom. The Bertz CT molecular complexity index is 424. The van der Waals surface area contributed by atoms with Crippen LogP contribution in [0.15, 0.2) is 18.2 Å². The first-order valence-corrected chi connectivity index (χ1v) is 7.57. The predicted molar refractivity (Wildman–Crippen MR) is 74.8 cm³/mol. The Morgan fingerprint density at radius 2 is 2.11 bits per heavy atom. The normalized spacial score (nSPS) is 30.7. The number of hydrogen-bond donors (Lipinski definition) is 1. The van der Waals surface area contributed by atoms with Crippen molar-refractivity contribution in [2.45, 2.75) is 63.9 Å². The van der Waals surface area contributed by atoms with Crippen molar-refractivity contribution in [3.05, 3.63) is 34.9 Å². The molecular weight excluding hydrogens is 220 g/mol. The van der Waals surface area contributed by atoms with Gasteiger partial charge in [-0.1, -0.05) is 31.5 Å². The Hall–Kier alpha value is -0.820. The number of rotatable bonds is 2. The monoisotopic (exact) mass is 244 g/mol. The van der Waals surface area contributed by atoms with Crippen LogP contribution in [0.1, 0.15) is 61.6 Å². The SMILES string of the molecule is CCCc1ccc2c(c1)CCC1CC(O)CCC21. The Kier molecular flexibility index (Phi) is 3.43. The zero-order valence-corrected chi connectivity index (χ0v) is 11.4. The van der Waals surface area contributed by atoms with E-state index in [2.05, 4.69) is 25.1 Å². The maximum Gasteiger partial charge on any atom is 0.0543 e. The molecule has 0 bridgehead atoms. The van der Waals surface area contributed by atoms with Gasteiger partial charge >= 0.3 is 0 Å². The van der Waals surface area contributed by atoms with Crippen LogP contribution in [0.25, 0.3) is 0 Å². The molecule has 1 nitrogen and oxygen atoms in total. The van der Waals surface area contributed by atoms with E-state index in [1.54, 1.807) is 11.1 Å². The maximum atomic E-state index is 9.81. The fraction of sp³-hybridized carbons (Fsp3) is 0.647. The topological polar surface area (TPSA) is 20.2 Å². The zero-order valence-electron chi connectivity index (χ0n) is 11.4. The van der Waals surface area contributed by atoms with E-state index in [9.17, 15) is 5.11 Å². The van der Waals surface area contributed by atoms with Gasteiger partial charge in [-0.2, -0.15) is 0 Å². The number of fused-ring (bicyclic) bond motifs is 3. The van der Waals surface area contributed by atoms with Gasteiger partial charge in [-0.05, 0) is 67.1 Å². The average molecular weight is 244 g/mol. The quantitative estimate of drug-likeness (QED) is 0.838. The number of hydrogen-bond acceptors (Lipinski definition) is 1. The van der Waals surface area contributed by atoms with E-state index in [1.807, 2.05) is 0 Å². The Morgan fingerprint density at radius 3 is 2.94 bits per heavy atom. The van der Waals surface area contributed by atoms with E-state index < -0.39 is 0 Å². The van der Waals surface area contributed by atoms with Crippen LogP contribution < -0.4 is 0 Å². The van der Waals surface area contributed by atoms with E-state index in [4.69, 9.17) is 0 Å². The first-order valence-electron chi connectivity index (χ1n) is 7.57. The lowest BCUT2D eigenvalue weighted by Crippen LogP contribution is -2.30. The van der Waals surface area contributed by atoms with Gasteiger partial charge in [-0.15, -0.1) is 0 Å². The smallest absolute Gasteiger partial charge is 0.0543 e. The van der Waals surface area contributed by atoms with Gasteiger partial charge < -0.3 is 5.11 Å². The summed E-state index contributed by atoms with van der Waals surface area (Å²) >= 11 is 0. The lowest BCUT2D eigenvalue weighted by atomic mass is 9.67. The van der Waals surface area contributed by atoms with Crippen LogP contribution in [0.3, 0.4) is 0 Å². The summed E-state index contributed by atoms with van der Waals surface area (Å²) in [6.07, 6.45) is 8.12. The second-order valence-corrected chi connectivity index (χ2v) is 6.16. The highest BCUT2D eigenvalue weighted by molar-refractivity contribution is 5.37. The second kappa shape index (κ2) is 5.05. The maximum absolute atomic E-state index is 9.81. The summed E-state index contributed by atoms with van der Waals surface area (Å²) in [7, 11) is 0. The molecule has 0 saturated heterocycles. The van der Waals surface area contributed by atoms with Crippen LogP contribution in [0, 0.1) is 5.92 Å². The summed E-state index contributed by atoms with van der Waals surface area (Å²) in [5.41, 5.74) is 4.70. The molecular formula is C17H24O. The molecule has 3 rings (SSSR count). The molecule has 0 amide bonds. The van der Waals surface area contributed by atoms with Gasteiger partial charge in [0, 0.05) is 0 Å². The molecule has 0 spiro atoms. The van der Waals surface area contributed by atoms with Crippen molar-refractivity contribution < 1.29 is 5.11 Å². The molecule has 0 heterocycles. The van der Waals surface area contributed by atoms with Gasteiger partial charge in [0.15, 0.2) is 0 Å². The highest BCUT2D eigenvalue weighted by atomic mass is 16.3. The minimum absolute atomic E-state index is 0.0350. The molecule has 2 aliphatic carbocycles. The zero-order chi connectivity index (χ0) is 12.5. The lowest BCUT2D eigenvalue weighted by Gasteiger charge is -2.39. The second-order valence-electron chi connectivity index (χ2n) is 6.16. The average Bonchev–Trinajstić information content (AvgIpc) is 2.38. The molecule has 1 aromatic carbocycles. The highest BCUT2D eigenvalue weighted by Crippen LogP contribution is 2.45. The summed E-state index contributed by atoms with van der Waals surface area (Å²) in [6.45, 7) is 2.25. The van der Waals surface area contributed by atoms with Gasteiger partial charge in [-0.25, -0.2) is 0 Å². The minimum atomic E-state index is -0.0350. The number of aliphatic hydroxyl groups is 1. The number of benzene rings is 1. The van der Waals surface area contributed by atoms with Crippen molar-refractivity contribution in [1.82, 2.24) is 0 Å². The van der Waals surface area contributed by atoms with Crippen molar-refractivity contribution in [2.75, 3.05) is 0 Å². The fourth-order valence-electron chi connectivity index (χ4n) is 3.99. The molecule has 18 heavy (non-hydrogen) atoms. The number of aryl methyl sites for hydroxylation is 2.